The molecule has 0 aliphatic carbocycles. The third kappa shape index (κ3) is 3.81. The predicted octanol–water partition coefficient (Wildman–Crippen LogP) is 4.08. The number of carbonyl (C=O) groups excluding carboxylic acids is 2. The molecule has 0 bridgehead atoms. The summed E-state index contributed by atoms with van der Waals surface area (Å²) in [5.74, 6) is 0.533. The molecule has 3 rings (SSSR count). The highest BCUT2D eigenvalue weighted by Gasteiger charge is 2.21. The lowest BCUT2D eigenvalue weighted by Gasteiger charge is -2.15. The third-order valence-electron chi connectivity index (χ3n) is 3.52. The Bertz CT molecular complexity index is 714. The van der Waals surface area contributed by atoms with Crippen molar-refractivity contribution >= 4 is 35.0 Å². The summed E-state index contributed by atoms with van der Waals surface area (Å²) in [6.45, 7) is 0.732. The number of hydrogen-bond donors (Lipinski definition) is 1. The van der Waals surface area contributed by atoms with Gasteiger partial charge in [-0.15, -0.1) is 0 Å². The van der Waals surface area contributed by atoms with Crippen molar-refractivity contribution < 1.29 is 14.3 Å². The van der Waals surface area contributed by atoms with Crippen molar-refractivity contribution in [2.75, 3.05) is 16.8 Å². The molecule has 0 saturated carbocycles. The van der Waals surface area contributed by atoms with Crippen LogP contribution in [0.25, 0.3) is 0 Å². The van der Waals surface area contributed by atoms with Gasteiger partial charge in [-0.2, -0.15) is 0 Å². The van der Waals surface area contributed by atoms with Crippen LogP contribution in [0.4, 0.5) is 16.2 Å². The van der Waals surface area contributed by atoms with Crippen LogP contribution < -0.4 is 15.0 Å². The summed E-state index contributed by atoms with van der Waals surface area (Å²) in [6.07, 6.45) is 0.875. The number of nitrogens with one attached hydrogen (secondary N) is 1. The molecule has 1 aliphatic heterocycles. The molecule has 1 aliphatic rings. The Morgan fingerprint density at radius 3 is 2.39 bits per heavy atom. The minimum atomic E-state index is -0.586. The highest BCUT2D eigenvalue weighted by molar-refractivity contribution is 6.30. The van der Waals surface area contributed by atoms with Gasteiger partial charge >= 0.3 is 6.09 Å². The Morgan fingerprint density at radius 2 is 1.78 bits per heavy atom. The van der Waals surface area contributed by atoms with Gasteiger partial charge in [-0.25, -0.2) is 4.79 Å². The van der Waals surface area contributed by atoms with Crippen LogP contribution in [0.15, 0.2) is 48.5 Å². The van der Waals surface area contributed by atoms with Crippen LogP contribution >= 0.6 is 11.6 Å². The fourth-order valence-electron chi connectivity index (χ4n) is 2.40. The SMILES string of the molecule is O=C(Nc1ccc(Cl)cc1)Oc1ccc(N2CCCC2=O)cc1. The van der Waals surface area contributed by atoms with Gasteiger partial charge in [-0.3, -0.25) is 10.1 Å². The number of amides is 2. The van der Waals surface area contributed by atoms with Gasteiger partial charge in [0.1, 0.15) is 5.75 Å². The minimum Gasteiger partial charge on any atom is -0.410 e. The predicted molar refractivity (Wildman–Crippen MR) is 89.1 cm³/mol. The maximum Gasteiger partial charge on any atom is 0.417 e. The summed E-state index contributed by atoms with van der Waals surface area (Å²) < 4.78 is 5.21. The monoisotopic (exact) mass is 330 g/mol. The molecule has 118 valence electrons. The number of hydrogen-bond acceptors (Lipinski definition) is 3. The fourth-order valence-corrected chi connectivity index (χ4v) is 2.52. The number of halogens is 1. The minimum absolute atomic E-state index is 0.124. The van der Waals surface area contributed by atoms with Crippen molar-refractivity contribution in [3.63, 3.8) is 0 Å². The van der Waals surface area contributed by atoms with E-state index in [0.717, 1.165) is 18.7 Å². The number of carbonyl (C=O) groups is 2. The van der Waals surface area contributed by atoms with Crippen LogP contribution in [0.3, 0.4) is 0 Å². The first-order chi connectivity index (χ1) is 11.1. The smallest absolute Gasteiger partial charge is 0.410 e. The fraction of sp³-hybridized carbons (Fsp3) is 0.176. The molecule has 1 heterocycles. The van der Waals surface area contributed by atoms with E-state index in [1.807, 2.05) is 0 Å². The van der Waals surface area contributed by atoms with Crippen LogP contribution in [-0.4, -0.2) is 18.5 Å². The Labute approximate surface area is 138 Å². The molecule has 2 aromatic carbocycles. The lowest BCUT2D eigenvalue weighted by Crippen LogP contribution is -2.23. The van der Waals surface area contributed by atoms with E-state index in [4.69, 9.17) is 16.3 Å². The molecule has 23 heavy (non-hydrogen) atoms. The molecule has 6 heteroatoms. The molecule has 2 amide bonds. The lowest BCUT2D eigenvalue weighted by molar-refractivity contribution is -0.117. The maximum absolute atomic E-state index is 11.8. The summed E-state index contributed by atoms with van der Waals surface area (Å²) in [5.41, 5.74) is 1.41. The van der Waals surface area contributed by atoms with Crippen LogP contribution in [0.1, 0.15) is 12.8 Å². The molecular weight excluding hydrogens is 316 g/mol. The van der Waals surface area contributed by atoms with Crippen LogP contribution in [0, 0.1) is 0 Å². The second kappa shape index (κ2) is 6.71. The Hall–Kier alpha value is -2.53. The zero-order chi connectivity index (χ0) is 16.2. The first-order valence-electron chi connectivity index (χ1n) is 7.27. The van der Waals surface area contributed by atoms with Gasteiger partial charge in [0.2, 0.25) is 5.91 Å². The van der Waals surface area contributed by atoms with Crippen LogP contribution in [0.5, 0.6) is 5.75 Å². The topological polar surface area (TPSA) is 58.6 Å². The second-order valence-corrected chi connectivity index (χ2v) is 5.60. The lowest BCUT2D eigenvalue weighted by atomic mass is 10.3. The standard InChI is InChI=1S/C17H15ClN2O3/c18-12-3-5-13(6-4-12)19-17(22)23-15-9-7-14(8-10-15)20-11-1-2-16(20)21/h3-10H,1-2,11H2,(H,19,22). The highest BCUT2D eigenvalue weighted by Crippen LogP contribution is 2.24. The third-order valence-corrected chi connectivity index (χ3v) is 3.77. The second-order valence-electron chi connectivity index (χ2n) is 5.16. The van der Waals surface area contributed by atoms with Crippen molar-refractivity contribution in [1.82, 2.24) is 0 Å². The normalized spacial score (nSPS) is 14.0. The summed E-state index contributed by atoms with van der Waals surface area (Å²) >= 11 is 5.79. The zero-order valence-corrected chi connectivity index (χ0v) is 13.0. The van der Waals surface area contributed by atoms with Gasteiger partial charge in [0, 0.05) is 29.4 Å². The summed E-state index contributed by atoms with van der Waals surface area (Å²) in [7, 11) is 0. The average Bonchev–Trinajstić information content (AvgIpc) is 2.96. The highest BCUT2D eigenvalue weighted by atomic mass is 35.5. The number of rotatable bonds is 3. The van der Waals surface area contributed by atoms with E-state index in [1.165, 1.54) is 0 Å². The van der Waals surface area contributed by atoms with Crippen molar-refractivity contribution in [3.8, 4) is 5.75 Å². The van der Waals surface area contributed by atoms with Crippen molar-refractivity contribution in [2.24, 2.45) is 0 Å². The average molecular weight is 331 g/mol. The number of anilines is 2. The van der Waals surface area contributed by atoms with Gasteiger partial charge in [0.15, 0.2) is 0 Å². The van der Waals surface area contributed by atoms with E-state index in [0.29, 0.717) is 22.9 Å². The summed E-state index contributed by atoms with van der Waals surface area (Å²) in [4.78, 5) is 25.2. The van der Waals surface area contributed by atoms with Gasteiger partial charge < -0.3 is 9.64 Å². The molecule has 5 nitrogen and oxygen atoms in total. The van der Waals surface area contributed by atoms with Gasteiger partial charge in [0.25, 0.3) is 0 Å². The van der Waals surface area contributed by atoms with Gasteiger partial charge in [-0.05, 0) is 55.0 Å². The first kappa shape index (κ1) is 15.4. The number of ether oxygens (including phenoxy) is 1. The van der Waals surface area contributed by atoms with E-state index < -0.39 is 6.09 Å². The van der Waals surface area contributed by atoms with Crippen molar-refractivity contribution in [3.05, 3.63) is 53.6 Å². The van der Waals surface area contributed by atoms with Crippen molar-refractivity contribution in [1.29, 1.82) is 0 Å². The molecule has 2 aromatic rings. The van der Waals surface area contributed by atoms with E-state index in [1.54, 1.807) is 53.4 Å². The first-order valence-corrected chi connectivity index (χ1v) is 7.64. The van der Waals surface area contributed by atoms with Gasteiger partial charge in [-0.1, -0.05) is 11.6 Å². The van der Waals surface area contributed by atoms with Gasteiger partial charge in [0.05, 0.1) is 0 Å². The molecule has 0 radical (unpaired) electrons. The van der Waals surface area contributed by atoms with Crippen LogP contribution in [-0.2, 0) is 4.79 Å². The molecule has 1 saturated heterocycles. The van der Waals surface area contributed by atoms with E-state index in [-0.39, 0.29) is 5.91 Å². The molecule has 1 N–H and O–H groups in total. The molecule has 0 spiro atoms. The number of benzene rings is 2. The molecular formula is C17H15ClN2O3. The van der Waals surface area contributed by atoms with Crippen molar-refractivity contribution in [2.45, 2.75) is 12.8 Å². The van der Waals surface area contributed by atoms with E-state index in [2.05, 4.69) is 5.32 Å². The Kier molecular flexibility index (Phi) is 4.48. The number of nitrogens with zero attached hydrogens (tertiary/aromatic N) is 1. The molecule has 1 fully saturated rings. The maximum atomic E-state index is 11.8. The zero-order valence-electron chi connectivity index (χ0n) is 12.3. The summed E-state index contributed by atoms with van der Waals surface area (Å²) in [6, 6.07) is 13.6. The largest absolute Gasteiger partial charge is 0.417 e. The summed E-state index contributed by atoms with van der Waals surface area (Å²) in [5, 5.41) is 3.20. The molecule has 0 aromatic heterocycles. The van der Waals surface area contributed by atoms with Crippen LogP contribution in [0.2, 0.25) is 5.02 Å². The Morgan fingerprint density at radius 1 is 1.09 bits per heavy atom. The Balaban J connectivity index is 1.60. The molecule has 0 unspecified atom stereocenters. The molecule has 0 atom stereocenters. The van der Waals surface area contributed by atoms with E-state index in [9.17, 15) is 9.59 Å². The quantitative estimate of drug-likeness (QED) is 0.922. The van der Waals surface area contributed by atoms with E-state index >= 15 is 0 Å².